The van der Waals surface area contributed by atoms with Gasteiger partial charge in [0.25, 0.3) is 0 Å². The van der Waals surface area contributed by atoms with Crippen LogP contribution in [0.5, 0.6) is 0 Å². The summed E-state index contributed by atoms with van der Waals surface area (Å²) in [6.45, 7) is 3.70. The molecule has 2 rings (SSSR count). The Morgan fingerprint density at radius 2 is 2.16 bits per heavy atom. The summed E-state index contributed by atoms with van der Waals surface area (Å²) in [5.74, 6) is -0.355. The van der Waals surface area contributed by atoms with Crippen LogP contribution in [0.1, 0.15) is 25.5 Å². The molecule has 0 N–H and O–H groups in total. The number of carbonyl (C=O) groups is 2. The topological polar surface area (TPSA) is 55.8 Å². The molecular formula is C14H17NO4. The molecule has 0 unspecified atom stereocenters. The van der Waals surface area contributed by atoms with E-state index < -0.39 is 0 Å². The highest BCUT2D eigenvalue weighted by molar-refractivity contribution is 5.71. The highest BCUT2D eigenvalue weighted by atomic mass is 16.6. The van der Waals surface area contributed by atoms with Crippen LogP contribution in [0.2, 0.25) is 0 Å². The van der Waals surface area contributed by atoms with E-state index in [0.717, 1.165) is 5.56 Å². The number of carbonyl (C=O) groups excluding carboxylic acids is 2. The number of esters is 1. The lowest BCUT2D eigenvalue weighted by Crippen LogP contribution is -2.39. The Morgan fingerprint density at radius 3 is 2.79 bits per heavy atom. The Kier molecular flexibility index (Phi) is 4.04. The first-order valence-electron chi connectivity index (χ1n) is 6.23. The van der Waals surface area contributed by atoms with Crippen LogP contribution in [-0.2, 0) is 14.3 Å². The molecule has 2 atom stereocenters. The predicted molar refractivity (Wildman–Crippen MR) is 68.5 cm³/mol. The number of hydrogen-bond donors (Lipinski definition) is 0. The van der Waals surface area contributed by atoms with Gasteiger partial charge in [-0.25, -0.2) is 4.79 Å². The highest BCUT2D eigenvalue weighted by Gasteiger charge is 2.37. The van der Waals surface area contributed by atoms with Gasteiger partial charge in [0.15, 0.2) is 0 Å². The number of amides is 1. The van der Waals surface area contributed by atoms with Gasteiger partial charge >= 0.3 is 12.1 Å². The minimum atomic E-state index is -0.367. The van der Waals surface area contributed by atoms with Crippen LogP contribution in [0.4, 0.5) is 4.79 Å². The van der Waals surface area contributed by atoms with Crippen molar-refractivity contribution in [2.24, 2.45) is 0 Å². The molecule has 1 amide bonds. The van der Waals surface area contributed by atoms with Crippen LogP contribution in [-0.4, -0.2) is 36.2 Å². The molecule has 1 heterocycles. The van der Waals surface area contributed by atoms with Gasteiger partial charge in [-0.3, -0.25) is 9.69 Å². The molecule has 0 bridgehead atoms. The highest BCUT2D eigenvalue weighted by Crippen LogP contribution is 2.27. The van der Waals surface area contributed by atoms with E-state index in [2.05, 4.69) is 0 Å². The molecule has 1 fully saturated rings. The van der Waals surface area contributed by atoms with Crippen LogP contribution in [0.15, 0.2) is 30.3 Å². The Hall–Kier alpha value is -2.04. The number of rotatable bonds is 4. The Labute approximate surface area is 112 Å². The van der Waals surface area contributed by atoms with Gasteiger partial charge in [-0.15, -0.1) is 0 Å². The molecule has 1 saturated heterocycles. The van der Waals surface area contributed by atoms with Gasteiger partial charge in [0.1, 0.15) is 19.3 Å². The molecule has 1 aromatic carbocycles. The molecule has 1 aliphatic rings. The first kappa shape index (κ1) is 13.4. The standard InChI is InChI=1S/C14H17NO4/c1-10(12-6-4-3-5-7-12)15-13(8-18-11(2)16)9-19-14(15)17/h3-7,10,13H,8-9H2,1-2H3/t10-,13-/m1/s1. The van der Waals surface area contributed by atoms with Crippen LogP contribution in [0.3, 0.4) is 0 Å². The third-order valence-corrected chi connectivity index (χ3v) is 3.18. The zero-order valence-electron chi connectivity index (χ0n) is 11.0. The van der Waals surface area contributed by atoms with Gasteiger partial charge in [0, 0.05) is 6.92 Å². The second-order valence-electron chi connectivity index (χ2n) is 4.53. The molecule has 19 heavy (non-hydrogen) atoms. The van der Waals surface area contributed by atoms with Crippen molar-refractivity contribution < 1.29 is 19.1 Å². The van der Waals surface area contributed by atoms with Crippen molar-refractivity contribution in [2.75, 3.05) is 13.2 Å². The van der Waals surface area contributed by atoms with Crippen LogP contribution in [0.25, 0.3) is 0 Å². The van der Waals surface area contributed by atoms with E-state index in [1.165, 1.54) is 6.92 Å². The summed E-state index contributed by atoms with van der Waals surface area (Å²) < 4.78 is 10.0. The maximum atomic E-state index is 11.8. The van der Waals surface area contributed by atoms with Crippen LogP contribution in [0, 0.1) is 0 Å². The summed E-state index contributed by atoms with van der Waals surface area (Å²) in [6, 6.07) is 9.35. The van der Waals surface area contributed by atoms with Gasteiger partial charge in [0.05, 0.1) is 6.04 Å². The summed E-state index contributed by atoms with van der Waals surface area (Å²) >= 11 is 0. The molecular weight excluding hydrogens is 246 g/mol. The molecule has 0 radical (unpaired) electrons. The van der Waals surface area contributed by atoms with Gasteiger partial charge in [-0.1, -0.05) is 30.3 Å². The summed E-state index contributed by atoms with van der Waals surface area (Å²) in [5, 5.41) is 0. The molecule has 0 saturated carbocycles. The van der Waals surface area contributed by atoms with E-state index in [1.807, 2.05) is 37.3 Å². The van der Waals surface area contributed by atoms with Crippen LogP contribution >= 0.6 is 0 Å². The normalized spacial score (nSPS) is 20.0. The number of nitrogens with zero attached hydrogens (tertiary/aromatic N) is 1. The smallest absolute Gasteiger partial charge is 0.410 e. The van der Waals surface area contributed by atoms with Crippen molar-refractivity contribution in [3.8, 4) is 0 Å². The minimum absolute atomic E-state index is 0.114. The number of benzene rings is 1. The number of ether oxygens (including phenoxy) is 2. The monoisotopic (exact) mass is 263 g/mol. The lowest BCUT2D eigenvalue weighted by atomic mass is 10.1. The van der Waals surface area contributed by atoms with Crippen molar-refractivity contribution in [3.05, 3.63) is 35.9 Å². The first-order valence-corrected chi connectivity index (χ1v) is 6.23. The summed E-state index contributed by atoms with van der Waals surface area (Å²) in [5.41, 5.74) is 1.02. The van der Waals surface area contributed by atoms with Crippen molar-refractivity contribution >= 4 is 12.1 Å². The van der Waals surface area contributed by atoms with E-state index in [9.17, 15) is 9.59 Å². The number of hydrogen-bond acceptors (Lipinski definition) is 4. The van der Waals surface area contributed by atoms with E-state index in [-0.39, 0.29) is 37.4 Å². The van der Waals surface area contributed by atoms with Gasteiger partial charge in [-0.2, -0.15) is 0 Å². The predicted octanol–water partition coefficient (Wildman–Crippen LogP) is 2.13. The lowest BCUT2D eigenvalue weighted by Gasteiger charge is -2.27. The van der Waals surface area contributed by atoms with Gasteiger partial charge < -0.3 is 9.47 Å². The van der Waals surface area contributed by atoms with E-state index >= 15 is 0 Å². The van der Waals surface area contributed by atoms with E-state index in [1.54, 1.807) is 4.90 Å². The maximum absolute atomic E-state index is 11.8. The summed E-state index contributed by atoms with van der Waals surface area (Å²) in [7, 11) is 0. The molecule has 102 valence electrons. The average molecular weight is 263 g/mol. The Morgan fingerprint density at radius 1 is 1.47 bits per heavy atom. The molecule has 0 aliphatic carbocycles. The van der Waals surface area contributed by atoms with Crippen molar-refractivity contribution in [3.63, 3.8) is 0 Å². The quantitative estimate of drug-likeness (QED) is 0.781. The third kappa shape index (κ3) is 3.05. The molecule has 1 aliphatic heterocycles. The fraction of sp³-hybridized carbons (Fsp3) is 0.429. The maximum Gasteiger partial charge on any atom is 0.410 e. The minimum Gasteiger partial charge on any atom is -0.464 e. The van der Waals surface area contributed by atoms with E-state index in [4.69, 9.17) is 9.47 Å². The second-order valence-corrected chi connectivity index (χ2v) is 4.53. The Bertz CT molecular complexity index is 460. The SMILES string of the molecule is CC(=O)OC[C@@H]1COC(=O)N1[C@H](C)c1ccccc1. The second kappa shape index (κ2) is 5.73. The molecule has 5 heteroatoms. The van der Waals surface area contributed by atoms with Gasteiger partial charge in [-0.05, 0) is 12.5 Å². The van der Waals surface area contributed by atoms with E-state index in [0.29, 0.717) is 0 Å². The average Bonchev–Trinajstić information content (AvgIpc) is 2.78. The van der Waals surface area contributed by atoms with Crippen molar-refractivity contribution in [1.82, 2.24) is 4.90 Å². The fourth-order valence-electron chi connectivity index (χ4n) is 2.18. The van der Waals surface area contributed by atoms with Gasteiger partial charge in [0.2, 0.25) is 0 Å². The molecule has 1 aromatic rings. The largest absolute Gasteiger partial charge is 0.464 e. The zero-order valence-corrected chi connectivity index (χ0v) is 11.0. The summed E-state index contributed by atoms with van der Waals surface area (Å²) in [6.07, 6.45) is -0.367. The Balaban J connectivity index is 2.10. The fourth-order valence-corrected chi connectivity index (χ4v) is 2.18. The summed E-state index contributed by atoms with van der Waals surface area (Å²) in [4.78, 5) is 24.3. The molecule has 5 nitrogen and oxygen atoms in total. The number of cyclic esters (lactones) is 1. The van der Waals surface area contributed by atoms with Crippen LogP contribution < -0.4 is 0 Å². The van der Waals surface area contributed by atoms with Crippen molar-refractivity contribution in [1.29, 1.82) is 0 Å². The van der Waals surface area contributed by atoms with Crippen molar-refractivity contribution in [2.45, 2.75) is 25.9 Å². The molecule has 0 aromatic heterocycles. The zero-order chi connectivity index (χ0) is 13.8. The third-order valence-electron chi connectivity index (χ3n) is 3.18. The lowest BCUT2D eigenvalue weighted by molar-refractivity contribution is -0.142. The first-order chi connectivity index (χ1) is 9.09. The molecule has 0 spiro atoms.